The maximum Gasteiger partial charge on any atom is 0.253 e. The van der Waals surface area contributed by atoms with Gasteiger partial charge in [-0.05, 0) is 20.4 Å². The van der Waals surface area contributed by atoms with E-state index in [1.54, 1.807) is 0 Å². The van der Waals surface area contributed by atoms with Crippen LogP contribution in [0.5, 0.6) is 0 Å². The first-order valence-electron chi connectivity index (χ1n) is 9.63. The molecule has 10 nitrogen and oxygen atoms in total. The fourth-order valence-corrected chi connectivity index (χ4v) is 2.09. The van der Waals surface area contributed by atoms with Crippen LogP contribution in [0.3, 0.4) is 0 Å². The molecule has 166 valence electrons. The number of hydrogen-bond donors (Lipinski definition) is 3. The molecular weight excluding hydrogens is 382 g/mol. The molecule has 1 heterocycles. The number of ketones is 1. The highest BCUT2D eigenvalue weighted by Gasteiger charge is 2.22. The van der Waals surface area contributed by atoms with E-state index in [0.717, 1.165) is 11.4 Å². The molecule has 0 bridgehead atoms. The Morgan fingerprint density at radius 3 is 2.10 bits per heavy atom. The van der Waals surface area contributed by atoms with Gasteiger partial charge in [0.25, 0.3) is 11.8 Å². The zero-order valence-corrected chi connectivity index (χ0v) is 17.3. The number of amides is 3. The Bertz CT molecular complexity index is 520. The Morgan fingerprint density at radius 2 is 1.59 bits per heavy atom. The minimum atomic E-state index is -0.284. The molecule has 0 aromatic rings. The second-order valence-electron chi connectivity index (χ2n) is 6.12. The third kappa shape index (κ3) is 15.5. The van der Waals surface area contributed by atoms with Crippen molar-refractivity contribution in [1.82, 2.24) is 15.5 Å². The van der Waals surface area contributed by atoms with Crippen LogP contribution in [0.2, 0.25) is 0 Å². The Labute approximate surface area is 171 Å². The molecular formula is C19H33N3O7. The molecule has 1 rings (SSSR count). The summed E-state index contributed by atoms with van der Waals surface area (Å²) in [4.78, 5) is 44.6. The molecule has 10 heteroatoms. The number of ether oxygens (including phenoxy) is 2. The van der Waals surface area contributed by atoms with E-state index in [1.807, 2.05) is 7.05 Å². The largest absolute Gasteiger partial charge is 0.396 e. The van der Waals surface area contributed by atoms with E-state index >= 15 is 0 Å². The monoisotopic (exact) mass is 415 g/mol. The van der Waals surface area contributed by atoms with Crippen molar-refractivity contribution in [1.29, 1.82) is 0 Å². The van der Waals surface area contributed by atoms with Crippen molar-refractivity contribution < 1.29 is 33.8 Å². The molecule has 0 aromatic heterocycles. The smallest absolute Gasteiger partial charge is 0.253 e. The van der Waals surface area contributed by atoms with E-state index in [0.29, 0.717) is 52.4 Å². The van der Waals surface area contributed by atoms with Gasteiger partial charge in [-0.1, -0.05) is 0 Å². The van der Waals surface area contributed by atoms with Crippen molar-refractivity contribution in [3.8, 4) is 0 Å². The van der Waals surface area contributed by atoms with Crippen LogP contribution in [0.4, 0.5) is 0 Å². The van der Waals surface area contributed by atoms with Gasteiger partial charge in [-0.2, -0.15) is 0 Å². The van der Waals surface area contributed by atoms with E-state index in [-0.39, 0.29) is 36.5 Å². The Balaban J connectivity index is 0.000000551. The highest BCUT2D eigenvalue weighted by Crippen LogP contribution is 2.05. The first-order chi connectivity index (χ1) is 13.9. The lowest BCUT2D eigenvalue weighted by Crippen LogP contribution is -2.31. The second kappa shape index (κ2) is 17.9. The van der Waals surface area contributed by atoms with Gasteiger partial charge in [0.1, 0.15) is 5.78 Å². The topological polar surface area (TPSA) is 134 Å². The molecule has 0 saturated carbocycles. The van der Waals surface area contributed by atoms with Gasteiger partial charge in [0.15, 0.2) is 0 Å². The lowest BCUT2D eigenvalue weighted by atomic mass is 10.2. The molecule has 0 saturated heterocycles. The van der Waals surface area contributed by atoms with Crippen LogP contribution in [-0.4, -0.2) is 93.2 Å². The number of carbonyl (C=O) groups excluding carboxylic acids is 4. The van der Waals surface area contributed by atoms with Crippen molar-refractivity contribution in [2.24, 2.45) is 0 Å². The number of aliphatic hydroxyl groups is 1. The maximum atomic E-state index is 11.0. The minimum absolute atomic E-state index is 0.0760. The molecule has 3 amide bonds. The van der Waals surface area contributed by atoms with E-state index in [9.17, 15) is 19.2 Å². The lowest BCUT2D eigenvalue weighted by Gasteiger charge is -2.12. The fourth-order valence-electron chi connectivity index (χ4n) is 2.09. The summed E-state index contributed by atoms with van der Waals surface area (Å²) in [5.41, 5.74) is 0. The third-order valence-corrected chi connectivity index (χ3v) is 3.59. The van der Waals surface area contributed by atoms with Gasteiger partial charge in [-0.25, -0.2) is 0 Å². The van der Waals surface area contributed by atoms with Crippen molar-refractivity contribution >= 4 is 23.5 Å². The summed E-state index contributed by atoms with van der Waals surface area (Å²) in [6.07, 6.45) is 3.60. The number of aliphatic hydroxyl groups excluding tert-OH is 1. The number of nitrogens with one attached hydrogen (secondary N) is 2. The molecule has 3 N–H and O–H groups in total. The van der Waals surface area contributed by atoms with Crippen molar-refractivity contribution in [2.45, 2.75) is 26.2 Å². The van der Waals surface area contributed by atoms with Gasteiger partial charge < -0.3 is 30.0 Å². The SMILES string of the molecule is CC(=O)CCCN1C(=O)C=CC1=O.CNCCOCCOCCNC(=O)CCO. The van der Waals surface area contributed by atoms with E-state index in [4.69, 9.17) is 14.6 Å². The number of nitrogens with zero attached hydrogens (tertiary/aromatic N) is 1. The summed E-state index contributed by atoms with van der Waals surface area (Å²) < 4.78 is 10.5. The molecule has 1 aliphatic rings. The van der Waals surface area contributed by atoms with Crippen LogP contribution in [0.25, 0.3) is 0 Å². The lowest BCUT2D eigenvalue weighted by molar-refractivity contribution is -0.137. The quantitative estimate of drug-likeness (QED) is 0.229. The Kier molecular flexibility index (Phi) is 16.6. The number of hydrogen-bond acceptors (Lipinski definition) is 8. The highest BCUT2D eigenvalue weighted by molar-refractivity contribution is 6.12. The average molecular weight is 415 g/mol. The third-order valence-electron chi connectivity index (χ3n) is 3.59. The molecule has 0 radical (unpaired) electrons. The van der Waals surface area contributed by atoms with Gasteiger partial charge in [-0.3, -0.25) is 19.3 Å². The number of carbonyl (C=O) groups is 4. The van der Waals surface area contributed by atoms with Gasteiger partial charge in [0.2, 0.25) is 5.91 Å². The van der Waals surface area contributed by atoms with Crippen LogP contribution in [0.1, 0.15) is 26.2 Å². The molecule has 29 heavy (non-hydrogen) atoms. The predicted octanol–water partition coefficient (Wildman–Crippen LogP) is -0.982. The minimum Gasteiger partial charge on any atom is -0.396 e. The van der Waals surface area contributed by atoms with Crippen LogP contribution >= 0.6 is 0 Å². The normalized spacial score (nSPS) is 12.7. The number of imide groups is 1. The summed E-state index contributed by atoms with van der Waals surface area (Å²) in [7, 11) is 1.87. The summed E-state index contributed by atoms with van der Waals surface area (Å²) in [5.74, 6) is -0.648. The summed E-state index contributed by atoms with van der Waals surface area (Å²) >= 11 is 0. The van der Waals surface area contributed by atoms with E-state index in [2.05, 4.69) is 10.6 Å². The number of Topliss-reactive ketones (excluding diaryl/α,β-unsaturated/α-hetero) is 1. The zero-order valence-electron chi connectivity index (χ0n) is 17.3. The number of rotatable bonds is 15. The van der Waals surface area contributed by atoms with Crippen molar-refractivity contribution in [3.63, 3.8) is 0 Å². The van der Waals surface area contributed by atoms with Crippen molar-refractivity contribution in [3.05, 3.63) is 12.2 Å². The fraction of sp³-hybridized carbons (Fsp3) is 0.684. The first-order valence-corrected chi connectivity index (χ1v) is 9.63. The molecule has 0 fully saturated rings. The van der Waals surface area contributed by atoms with Crippen LogP contribution in [-0.2, 0) is 28.7 Å². The first kappa shape index (κ1) is 26.9. The molecule has 0 aromatic carbocycles. The summed E-state index contributed by atoms with van der Waals surface area (Å²) in [6.45, 7) is 5.24. The van der Waals surface area contributed by atoms with E-state index < -0.39 is 0 Å². The summed E-state index contributed by atoms with van der Waals surface area (Å²) in [6, 6.07) is 0. The Morgan fingerprint density at radius 1 is 1.00 bits per heavy atom. The van der Waals surface area contributed by atoms with Gasteiger partial charge >= 0.3 is 0 Å². The zero-order chi connectivity index (χ0) is 21.9. The Hall–Kier alpha value is -2.14. The van der Waals surface area contributed by atoms with Gasteiger partial charge in [0.05, 0.1) is 33.0 Å². The molecule has 0 spiro atoms. The maximum absolute atomic E-state index is 11.0. The molecule has 0 aliphatic carbocycles. The number of likely N-dealkylation sites (N-methyl/N-ethyl adjacent to an activating group) is 1. The molecule has 0 unspecified atom stereocenters. The standard InChI is InChI=1S/C10H22N2O4.C9H11NO3/c1-11-3-6-15-8-9-16-7-4-12-10(14)2-5-13;1-7(11)3-2-6-10-8(12)4-5-9(10)13/h11,13H,2-9H2,1H3,(H,12,14);4-5H,2-3,6H2,1H3. The van der Waals surface area contributed by atoms with Crippen LogP contribution in [0.15, 0.2) is 12.2 Å². The predicted molar refractivity (Wildman–Crippen MR) is 106 cm³/mol. The van der Waals surface area contributed by atoms with E-state index in [1.165, 1.54) is 19.1 Å². The average Bonchev–Trinajstić information content (AvgIpc) is 2.99. The van der Waals surface area contributed by atoms with Crippen LogP contribution in [0, 0.1) is 0 Å². The molecule has 1 aliphatic heterocycles. The highest BCUT2D eigenvalue weighted by atomic mass is 16.5. The second-order valence-corrected chi connectivity index (χ2v) is 6.12. The van der Waals surface area contributed by atoms with Gasteiger partial charge in [0, 0.05) is 44.6 Å². The molecule has 0 atom stereocenters. The van der Waals surface area contributed by atoms with Crippen molar-refractivity contribution in [2.75, 3.05) is 59.7 Å². The van der Waals surface area contributed by atoms with Gasteiger partial charge in [-0.15, -0.1) is 0 Å². The summed E-state index contributed by atoms with van der Waals surface area (Å²) in [5, 5.41) is 14.1. The van der Waals surface area contributed by atoms with Crippen LogP contribution < -0.4 is 10.6 Å².